The van der Waals surface area contributed by atoms with Gasteiger partial charge in [0.15, 0.2) is 0 Å². The monoisotopic (exact) mass is 241 g/mol. The molecule has 1 aromatic rings. The summed E-state index contributed by atoms with van der Waals surface area (Å²) in [5.41, 5.74) is 0.852. The number of anilines is 1. The van der Waals surface area contributed by atoms with Crippen molar-refractivity contribution in [2.24, 2.45) is 0 Å². The third-order valence-electron chi connectivity index (χ3n) is 2.56. The van der Waals surface area contributed by atoms with Gasteiger partial charge in [-0.05, 0) is 31.0 Å². The van der Waals surface area contributed by atoms with Gasteiger partial charge in [-0.1, -0.05) is 25.4 Å². The van der Waals surface area contributed by atoms with Crippen LogP contribution in [-0.4, -0.2) is 17.1 Å². The van der Waals surface area contributed by atoms with E-state index >= 15 is 0 Å². The Labute approximate surface area is 100 Å². The molecule has 0 aliphatic carbocycles. The van der Waals surface area contributed by atoms with Gasteiger partial charge < -0.3 is 10.4 Å². The fraction of sp³-hybridized carbons (Fsp3) is 0.417. The first-order chi connectivity index (χ1) is 7.58. The molecule has 0 heterocycles. The molecule has 0 aromatic heterocycles. The molecule has 0 amide bonds. The summed E-state index contributed by atoms with van der Waals surface area (Å²) >= 11 is 5.77. The van der Waals surface area contributed by atoms with Gasteiger partial charge in [0, 0.05) is 16.8 Å². The molecule has 0 aliphatic heterocycles. The van der Waals surface area contributed by atoms with Crippen LogP contribution in [0.15, 0.2) is 18.2 Å². The van der Waals surface area contributed by atoms with Gasteiger partial charge in [-0.2, -0.15) is 0 Å². The molecule has 4 heteroatoms. The fourth-order valence-electron chi connectivity index (χ4n) is 1.53. The summed E-state index contributed by atoms with van der Waals surface area (Å²) < 4.78 is 0. The summed E-state index contributed by atoms with van der Waals surface area (Å²) in [6.07, 6.45) is 1.91. The van der Waals surface area contributed by atoms with E-state index in [0.717, 1.165) is 12.8 Å². The van der Waals surface area contributed by atoms with Crippen LogP contribution in [0.2, 0.25) is 5.02 Å². The van der Waals surface area contributed by atoms with E-state index in [1.165, 1.54) is 6.07 Å². The SMILES string of the molecule is CCC(CC)Nc1ccc(Cl)cc1C(=O)O. The Bertz CT molecular complexity index is 375. The number of rotatable bonds is 5. The Morgan fingerprint density at radius 1 is 1.44 bits per heavy atom. The molecular weight excluding hydrogens is 226 g/mol. The lowest BCUT2D eigenvalue weighted by Gasteiger charge is -2.17. The van der Waals surface area contributed by atoms with Gasteiger partial charge in [0.25, 0.3) is 0 Å². The van der Waals surface area contributed by atoms with Crippen LogP contribution in [0.25, 0.3) is 0 Å². The largest absolute Gasteiger partial charge is 0.478 e. The quantitative estimate of drug-likeness (QED) is 0.828. The molecule has 0 fully saturated rings. The minimum absolute atomic E-state index is 0.222. The smallest absolute Gasteiger partial charge is 0.337 e. The molecule has 1 aromatic carbocycles. The van der Waals surface area contributed by atoms with E-state index in [-0.39, 0.29) is 5.56 Å². The van der Waals surface area contributed by atoms with E-state index in [1.807, 2.05) is 0 Å². The van der Waals surface area contributed by atoms with Gasteiger partial charge >= 0.3 is 5.97 Å². The Hall–Kier alpha value is -1.22. The van der Waals surface area contributed by atoms with Crippen molar-refractivity contribution in [2.45, 2.75) is 32.7 Å². The number of carbonyl (C=O) groups is 1. The number of halogens is 1. The second-order valence-electron chi connectivity index (χ2n) is 3.65. The van der Waals surface area contributed by atoms with E-state index in [4.69, 9.17) is 16.7 Å². The highest BCUT2D eigenvalue weighted by Crippen LogP contribution is 2.22. The third-order valence-corrected chi connectivity index (χ3v) is 2.79. The summed E-state index contributed by atoms with van der Waals surface area (Å²) in [5.74, 6) is -0.962. The zero-order chi connectivity index (χ0) is 12.1. The number of carboxylic acids is 1. The van der Waals surface area contributed by atoms with Gasteiger partial charge in [-0.3, -0.25) is 0 Å². The third kappa shape index (κ3) is 3.14. The molecule has 1 rings (SSSR count). The molecule has 16 heavy (non-hydrogen) atoms. The van der Waals surface area contributed by atoms with Crippen molar-refractivity contribution in [1.82, 2.24) is 0 Å². The maximum Gasteiger partial charge on any atom is 0.337 e. The maximum atomic E-state index is 11.0. The Morgan fingerprint density at radius 2 is 2.06 bits per heavy atom. The first kappa shape index (κ1) is 12.8. The van der Waals surface area contributed by atoms with Gasteiger partial charge in [0.05, 0.1) is 5.56 Å². The van der Waals surface area contributed by atoms with Crippen LogP contribution in [0.4, 0.5) is 5.69 Å². The molecule has 0 unspecified atom stereocenters. The zero-order valence-corrected chi connectivity index (χ0v) is 10.2. The summed E-state index contributed by atoms with van der Waals surface area (Å²) in [6.45, 7) is 4.13. The van der Waals surface area contributed by atoms with Crippen LogP contribution >= 0.6 is 11.6 Å². The molecule has 0 saturated carbocycles. The molecule has 88 valence electrons. The molecule has 0 saturated heterocycles. The standard InChI is InChI=1S/C12H16ClNO2/c1-3-9(4-2)14-11-6-5-8(13)7-10(11)12(15)16/h5-7,9,14H,3-4H2,1-2H3,(H,15,16). The van der Waals surface area contributed by atoms with E-state index < -0.39 is 5.97 Å². The van der Waals surface area contributed by atoms with Crippen molar-refractivity contribution in [2.75, 3.05) is 5.32 Å². The first-order valence-electron chi connectivity index (χ1n) is 5.37. The molecule has 0 radical (unpaired) electrons. The molecule has 3 nitrogen and oxygen atoms in total. The predicted octanol–water partition coefficient (Wildman–Crippen LogP) is 3.64. The first-order valence-corrected chi connectivity index (χ1v) is 5.75. The molecule has 0 atom stereocenters. The predicted molar refractivity (Wildman–Crippen MR) is 66.4 cm³/mol. The number of aromatic carboxylic acids is 1. The number of nitrogens with one attached hydrogen (secondary N) is 1. The van der Waals surface area contributed by atoms with Crippen molar-refractivity contribution < 1.29 is 9.90 Å². The minimum atomic E-state index is -0.962. The minimum Gasteiger partial charge on any atom is -0.478 e. The van der Waals surface area contributed by atoms with Crippen LogP contribution in [-0.2, 0) is 0 Å². The lowest BCUT2D eigenvalue weighted by molar-refractivity contribution is 0.0698. The Morgan fingerprint density at radius 3 is 2.56 bits per heavy atom. The topological polar surface area (TPSA) is 49.3 Å². The summed E-state index contributed by atoms with van der Waals surface area (Å²) in [4.78, 5) is 11.0. The second-order valence-corrected chi connectivity index (χ2v) is 4.09. The summed E-state index contributed by atoms with van der Waals surface area (Å²) in [6, 6.07) is 5.16. The summed E-state index contributed by atoms with van der Waals surface area (Å²) in [5, 5.41) is 12.7. The number of hydrogen-bond acceptors (Lipinski definition) is 2. The van der Waals surface area contributed by atoms with E-state index in [2.05, 4.69) is 19.2 Å². The number of benzene rings is 1. The van der Waals surface area contributed by atoms with Gasteiger partial charge in [-0.25, -0.2) is 4.79 Å². The van der Waals surface area contributed by atoms with Crippen molar-refractivity contribution in [1.29, 1.82) is 0 Å². The van der Waals surface area contributed by atoms with E-state index in [0.29, 0.717) is 16.8 Å². The van der Waals surface area contributed by atoms with E-state index in [1.54, 1.807) is 12.1 Å². The highest BCUT2D eigenvalue weighted by molar-refractivity contribution is 6.31. The van der Waals surface area contributed by atoms with Crippen LogP contribution in [0, 0.1) is 0 Å². The normalized spacial score (nSPS) is 10.5. The molecule has 0 spiro atoms. The van der Waals surface area contributed by atoms with E-state index in [9.17, 15) is 4.79 Å². The Kier molecular flexibility index (Phi) is 4.62. The van der Waals surface area contributed by atoms with Crippen LogP contribution < -0.4 is 5.32 Å². The fourth-order valence-corrected chi connectivity index (χ4v) is 1.70. The lowest BCUT2D eigenvalue weighted by atomic mass is 10.1. The van der Waals surface area contributed by atoms with Crippen LogP contribution in [0.3, 0.4) is 0 Å². The molecular formula is C12H16ClNO2. The number of carboxylic acid groups (broad SMARTS) is 1. The van der Waals surface area contributed by atoms with Crippen LogP contribution in [0.5, 0.6) is 0 Å². The lowest BCUT2D eigenvalue weighted by Crippen LogP contribution is -2.19. The van der Waals surface area contributed by atoms with Crippen molar-refractivity contribution >= 4 is 23.3 Å². The van der Waals surface area contributed by atoms with Gasteiger partial charge in [0.2, 0.25) is 0 Å². The summed E-state index contributed by atoms with van der Waals surface area (Å²) in [7, 11) is 0. The average Bonchev–Trinajstić information content (AvgIpc) is 2.27. The van der Waals surface area contributed by atoms with Crippen molar-refractivity contribution in [3.8, 4) is 0 Å². The highest BCUT2D eigenvalue weighted by atomic mass is 35.5. The molecule has 0 aliphatic rings. The average molecular weight is 242 g/mol. The van der Waals surface area contributed by atoms with Crippen LogP contribution in [0.1, 0.15) is 37.0 Å². The maximum absolute atomic E-state index is 11.0. The Balaban J connectivity index is 2.98. The second kappa shape index (κ2) is 5.75. The molecule has 0 bridgehead atoms. The van der Waals surface area contributed by atoms with Crippen molar-refractivity contribution in [3.05, 3.63) is 28.8 Å². The van der Waals surface area contributed by atoms with Crippen molar-refractivity contribution in [3.63, 3.8) is 0 Å². The number of hydrogen-bond donors (Lipinski definition) is 2. The van der Waals surface area contributed by atoms with Gasteiger partial charge in [-0.15, -0.1) is 0 Å². The zero-order valence-electron chi connectivity index (χ0n) is 9.46. The highest BCUT2D eigenvalue weighted by Gasteiger charge is 2.12. The van der Waals surface area contributed by atoms with Gasteiger partial charge in [0.1, 0.15) is 0 Å². The molecule has 2 N–H and O–H groups in total.